The maximum absolute atomic E-state index is 8.40. The van der Waals surface area contributed by atoms with Crippen molar-refractivity contribution in [3.05, 3.63) is 23.9 Å². The molecule has 0 aliphatic heterocycles. The van der Waals surface area contributed by atoms with Gasteiger partial charge in [0.15, 0.2) is 0 Å². The molecule has 0 atom stereocenters. The van der Waals surface area contributed by atoms with E-state index in [-0.39, 0.29) is 0 Å². The van der Waals surface area contributed by atoms with Crippen LogP contribution in [0.3, 0.4) is 0 Å². The number of aromatic nitrogens is 1. The summed E-state index contributed by atoms with van der Waals surface area (Å²) in [6, 6.07) is 3.86. The molecule has 16 heavy (non-hydrogen) atoms. The lowest BCUT2D eigenvalue weighted by Crippen LogP contribution is -2.25. The van der Waals surface area contributed by atoms with Crippen LogP contribution < -0.4 is 4.90 Å². The number of pyridine rings is 1. The maximum atomic E-state index is 8.40. The fourth-order valence-corrected chi connectivity index (χ4v) is 1.61. The van der Waals surface area contributed by atoms with Gasteiger partial charge in [0, 0.05) is 24.8 Å². The Morgan fingerprint density at radius 2 is 2.00 bits per heavy atom. The van der Waals surface area contributed by atoms with Crippen LogP contribution in [0.5, 0.6) is 0 Å². The predicted octanol–water partition coefficient (Wildman–Crippen LogP) is 2.52. The highest BCUT2D eigenvalue weighted by atomic mass is 16.4. The Kier molecular flexibility index (Phi) is 5.32. The highest BCUT2D eigenvalue weighted by Crippen LogP contribution is 2.11. The number of hydrogen-bond donors (Lipinski definition) is 1. The number of anilines is 1. The summed E-state index contributed by atoms with van der Waals surface area (Å²) >= 11 is 0. The third-order valence-electron chi connectivity index (χ3n) is 2.29. The molecule has 1 aromatic heterocycles. The van der Waals surface area contributed by atoms with Gasteiger partial charge >= 0.3 is 0 Å². The molecular weight excluding hydrogens is 202 g/mol. The van der Waals surface area contributed by atoms with Gasteiger partial charge in [-0.25, -0.2) is 4.98 Å². The van der Waals surface area contributed by atoms with Gasteiger partial charge in [-0.15, -0.1) is 0 Å². The van der Waals surface area contributed by atoms with Gasteiger partial charge in [0.25, 0.3) is 0 Å². The van der Waals surface area contributed by atoms with E-state index in [4.69, 9.17) is 5.21 Å². The zero-order valence-corrected chi connectivity index (χ0v) is 9.93. The summed E-state index contributed by atoms with van der Waals surface area (Å²) in [7, 11) is 0. The zero-order valence-electron chi connectivity index (χ0n) is 9.93. The first-order chi connectivity index (χ1) is 7.81. The molecule has 0 fully saturated rings. The molecule has 0 aromatic carbocycles. The third-order valence-corrected chi connectivity index (χ3v) is 2.29. The van der Waals surface area contributed by atoms with Crippen LogP contribution in [0.15, 0.2) is 23.5 Å². The lowest BCUT2D eigenvalue weighted by molar-refractivity contribution is 0.322. The second-order valence-corrected chi connectivity index (χ2v) is 3.68. The molecule has 88 valence electrons. The summed E-state index contributed by atoms with van der Waals surface area (Å²) in [4.78, 5) is 6.62. The first-order valence-corrected chi connectivity index (χ1v) is 5.70. The summed E-state index contributed by atoms with van der Waals surface area (Å²) in [6.45, 7) is 6.37. The largest absolute Gasteiger partial charge is 0.411 e. The van der Waals surface area contributed by atoms with Gasteiger partial charge in [0.2, 0.25) is 0 Å². The van der Waals surface area contributed by atoms with Gasteiger partial charge in [0.1, 0.15) is 5.82 Å². The van der Waals surface area contributed by atoms with Crippen LogP contribution >= 0.6 is 0 Å². The molecule has 1 rings (SSSR count). The molecule has 4 nitrogen and oxygen atoms in total. The molecule has 4 heteroatoms. The highest BCUT2D eigenvalue weighted by Gasteiger charge is 2.04. The molecule has 0 saturated heterocycles. The SMILES string of the molecule is CCCN(CCC)c1ccc(/C=N/O)cn1. The molecule has 1 heterocycles. The average Bonchev–Trinajstić information content (AvgIpc) is 2.30. The van der Waals surface area contributed by atoms with Crippen molar-refractivity contribution in [3.63, 3.8) is 0 Å². The molecular formula is C12H19N3O. The molecule has 0 bridgehead atoms. The van der Waals surface area contributed by atoms with Gasteiger partial charge < -0.3 is 10.1 Å². The molecule has 1 N–H and O–H groups in total. The van der Waals surface area contributed by atoms with Crippen molar-refractivity contribution in [2.45, 2.75) is 26.7 Å². The fraction of sp³-hybridized carbons (Fsp3) is 0.500. The van der Waals surface area contributed by atoms with E-state index in [1.807, 2.05) is 12.1 Å². The van der Waals surface area contributed by atoms with Crippen LogP contribution in [0.4, 0.5) is 5.82 Å². The lowest BCUT2D eigenvalue weighted by atomic mass is 10.3. The van der Waals surface area contributed by atoms with Gasteiger partial charge in [-0.3, -0.25) is 0 Å². The molecule has 0 saturated carbocycles. The molecule has 0 aliphatic rings. The topological polar surface area (TPSA) is 48.7 Å². The first-order valence-electron chi connectivity index (χ1n) is 5.70. The maximum Gasteiger partial charge on any atom is 0.128 e. The van der Waals surface area contributed by atoms with Crippen molar-refractivity contribution >= 4 is 12.0 Å². The summed E-state index contributed by atoms with van der Waals surface area (Å²) in [6.07, 6.45) is 5.32. The van der Waals surface area contributed by atoms with Gasteiger partial charge in [-0.05, 0) is 25.0 Å². The third kappa shape index (κ3) is 3.53. The van der Waals surface area contributed by atoms with E-state index in [9.17, 15) is 0 Å². The van der Waals surface area contributed by atoms with Crippen LogP contribution in [0.1, 0.15) is 32.3 Å². The van der Waals surface area contributed by atoms with E-state index in [0.29, 0.717) is 0 Å². The lowest BCUT2D eigenvalue weighted by Gasteiger charge is -2.22. The standard InChI is InChI=1S/C12H19N3O/c1-3-7-15(8-4-2)12-6-5-11(9-13-12)10-14-16/h5-6,9-10,16H,3-4,7-8H2,1-2H3/b14-10+. The summed E-state index contributed by atoms with van der Waals surface area (Å²) in [5.41, 5.74) is 0.805. The Balaban J connectivity index is 2.76. The second kappa shape index (κ2) is 6.82. The number of oxime groups is 1. The van der Waals surface area contributed by atoms with Crippen LogP contribution in [0, 0.1) is 0 Å². The van der Waals surface area contributed by atoms with Gasteiger partial charge in [-0.2, -0.15) is 0 Å². The molecule has 0 radical (unpaired) electrons. The van der Waals surface area contributed by atoms with Crippen molar-refractivity contribution in [1.29, 1.82) is 0 Å². The predicted molar refractivity (Wildman–Crippen MR) is 66.4 cm³/mol. The van der Waals surface area contributed by atoms with Crippen LogP contribution in [0.25, 0.3) is 0 Å². The van der Waals surface area contributed by atoms with Crippen molar-refractivity contribution in [3.8, 4) is 0 Å². The highest BCUT2D eigenvalue weighted by molar-refractivity contribution is 5.78. The van der Waals surface area contributed by atoms with Crippen molar-refractivity contribution < 1.29 is 5.21 Å². The molecule has 0 amide bonds. The van der Waals surface area contributed by atoms with E-state index < -0.39 is 0 Å². The van der Waals surface area contributed by atoms with E-state index in [1.165, 1.54) is 6.21 Å². The summed E-state index contributed by atoms with van der Waals surface area (Å²) in [5.74, 6) is 0.985. The molecule has 1 aromatic rings. The number of nitrogens with zero attached hydrogens (tertiary/aromatic N) is 3. The minimum absolute atomic E-state index is 0.805. The van der Waals surface area contributed by atoms with E-state index in [0.717, 1.165) is 37.3 Å². The molecule has 0 unspecified atom stereocenters. The van der Waals surface area contributed by atoms with Crippen molar-refractivity contribution in [2.75, 3.05) is 18.0 Å². The van der Waals surface area contributed by atoms with Crippen LogP contribution in [0.2, 0.25) is 0 Å². The Labute approximate surface area is 96.6 Å². The smallest absolute Gasteiger partial charge is 0.128 e. The molecule has 0 spiro atoms. The van der Waals surface area contributed by atoms with E-state index >= 15 is 0 Å². The monoisotopic (exact) mass is 221 g/mol. The normalized spacial score (nSPS) is 10.9. The quantitative estimate of drug-likeness (QED) is 0.456. The number of hydrogen-bond acceptors (Lipinski definition) is 4. The summed E-state index contributed by atoms with van der Waals surface area (Å²) < 4.78 is 0. The van der Waals surface area contributed by atoms with E-state index in [1.54, 1.807) is 6.20 Å². The Morgan fingerprint density at radius 1 is 1.31 bits per heavy atom. The summed E-state index contributed by atoms with van der Waals surface area (Å²) in [5, 5.41) is 11.4. The average molecular weight is 221 g/mol. The fourth-order valence-electron chi connectivity index (χ4n) is 1.61. The minimum atomic E-state index is 0.805. The van der Waals surface area contributed by atoms with Crippen LogP contribution in [-0.2, 0) is 0 Å². The van der Waals surface area contributed by atoms with Crippen molar-refractivity contribution in [1.82, 2.24) is 4.98 Å². The van der Waals surface area contributed by atoms with Gasteiger partial charge in [-0.1, -0.05) is 19.0 Å². The number of rotatable bonds is 6. The Morgan fingerprint density at radius 3 is 2.44 bits per heavy atom. The van der Waals surface area contributed by atoms with Crippen molar-refractivity contribution in [2.24, 2.45) is 5.16 Å². The minimum Gasteiger partial charge on any atom is -0.411 e. The second-order valence-electron chi connectivity index (χ2n) is 3.68. The Hall–Kier alpha value is -1.58. The first kappa shape index (κ1) is 12.5. The zero-order chi connectivity index (χ0) is 11.8. The Bertz CT molecular complexity index is 316. The molecule has 0 aliphatic carbocycles. The van der Waals surface area contributed by atoms with E-state index in [2.05, 4.69) is 28.9 Å². The van der Waals surface area contributed by atoms with Gasteiger partial charge in [0.05, 0.1) is 6.21 Å². The van der Waals surface area contributed by atoms with Crippen LogP contribution in [-0.4, -0.2) is 29.5 Å².